The number of methoxy groups -OCH3 is 1. The van der Waals surface area contributed by atoms with Crippen LogP contribution in [0.5, 0.6) is 11.5 Å². The number of nitrogens with zero attached hydrogens (tertiary/aromatic N) is 2. The summed E-state index contributed by atoms with van der Waals surface area (Å²) >= 11 is 0. The maximum absolute atomic E-state index is 12.8. The van der Waals surface area contributed by atoms with Crippen molar-refractivity contribution in [3.05, 3.63) is 59.7 Å². The van der Waals surface area contributed by atoms with Crippen LogP contribution < -0.4 is 14.8 Å². The summed E-state index contributed by atoms with van der Waals surface area (Å²) < 4.78 is 11.0. The standard InChI is InChI=1S/C28H35N3O5/c1-20(29-27(33)23-5-3-6-25(19-23)35-2)28(34)31-16-14-30(15-17-31)13-4-18-36-24-11-9-22(10-12-24)26(32)21-7-8-21/h3,5-6,9-12,19-21H,4,7-8,13-18H2,1-2H3,(H,29,33). The molecule has 2 aromatic carbocycles. The van der Waals surface area contributed by atoms with E-state index in [1.807, 2.05) is 29.2 Å². The van der Waals surface area contributed by atoms with E-state index in [0.717, 1.165) is 50.2 Å². The van der Waals surface area contributed by atoms with E-state index in [1.54, 1.807) is 38.3 Å². The van der Waals surface area contributed by atoms with Crippen molar-refractivity contribution in [1.82, 2.24) is 15.1 Å². The van der Waals surface area contributed by atoms with Crippen LogP contribution in [0.25, 0.3) is 0 Å². The van der Waals surface area contributed by atoms with Crippen molar-refractivity contribution in [2.75, 3.05) is 46.4 Å². The molecule has 1 heterocycles. The van der Waals surface area contributed by atoms with Crippen molar-refractivity contribution >= 4 is 17.6 Å². The highest BCUT2D eigenvalue weighted by Crippen LogP contribution is 2.32. The molecule has 1 N–H and O–H groups in total. The number of nitrogens with one attached hydrogen (secondary N) is 1. The minimum absolute atomic E-state index is 0.0714. The molecular weight excluding hydrogens is 458 g/mol. The normalized spacial score (nSPS) is 16.8. The molecule has 2 fully saturated rings. The van der Waals surface area contributed by atoms with Gasteiger partial charge in [0.25, 0.3) is 5.91 Å². The summed E-state index contributed by atoms with van der Waals surface area (Å²) in [6.45, 7) is 6.06. The first-order valence-corrected chi connectivity index (χ1v) is 12.7. The maximum atomic E-state index is 12.8. The predicted octanol–water partition coefficient (Wildman–Crippen LogP) is 3.02. The Bertz CT molecular complexity index is 1060. The van der Waals surface area contributed by atoms with Crippen molar-refractivity contribution < 1.29 is 23.9 Å². The lowest BCUT2D eigenvalue weighted by atomic mass is 10.1. The molecule has 0 spiro atoms. The summed E-state index contributed by atoms with van der Waals surface area (Å²) in [6.07, 6.45) is 2.91. The molecule has 1 saturated heterocycles. The quantitative estimate of drug-likeness (QED) is 0.383. The molecule has 0 aromatic heterocycles. The molecule has 1 aliphatic carbocycles. The van der Waals surface area contributed by atoms with Gasteiger partial charge in [0, 0.05) is 49.8 Å². The van der Waals surface area contributed by atoms with Crippen LogP contribution in [0.4, 0.5) is 0 Å². The molecule has 0 bridgehead atoms. The molecule has 1 saturated carbocycles. The number of amides is 2. The second kappa shape index (κ2) is 12.0. The summed E-state index contributed by atoms with van der Waals surface area (Å²) in [5, 5.41) is 2.80. The fourth-order valence-corrected chi connectivity index (χ4v) is 4.35. The number of ether oxygens (including phenoxy) is 2. The topological polar surface area (TPSA) is 88.2 Å². The van der Waals surface area contributed by atoms with Gasteiger partial charge < -0.3 is 19.7 Å². The predicted molar refractivity (Wildman–Crippen MR) is 137 cm³/mol. The van der Waals surface area contributed by atoms with Crippen molar-refractivity contribution in [1.29, 1.82) is 0 Å². The van der Waals surface area contributed by atoms with E-state index < -0.39 is 6.04 Å². The highest BCUT2D eigenvalue weighted by atomic mass is 16.5. The highest BCUT2D eigenvalue weighted by molar-refractivity contribution is 5.99. The minimum atomic E-state index is -0.602. The Balaban J connectivity index is 1.13. The van der Waals surface area contributed by atoms with Gasteiger partial charge in [-0.3, -0.25) is 19.3 Å². The van der Waals surface area contributed by atoms with Crippen molar-refractivity contribution in [2.45, 2.75) is 32.2 Å². The van der Waals surface area contributed by atoms with Gasteiger partial charge in [-0.1, -0.05) is 6.07 Å². The number of hydrogen-bond acceptors (Lipinski definition) is 6. The van der Waals surface area contributed by atoms with Gasteiger partial charge in [0.2, 0.25) is 5.91 Å². The van der Waals surface area contributed by atoms with E-state index in [4.69, 9.17) is 9.47 Å². The van der Waals surface area contributed by atoms with Crippen molar-refractivity contribution in [3.8, 4) is 11.5 Å². The van der Waals surface area contributed by atoms with E-state index in [-0.39, 0.29) is 23.5 Å². The summed E-state index contributed by atoms with van der Waals surface area (Å²) in [4.78, 5) is 41.6. The lowest BCUT2D eigenvalue weighted by Crippen LogP contribution is -2.54. The fourth-order valence-electron chi connectivity index (χ4n) is 4.35. The van der Waals surface area contributed by atoms with Crippen LogP contribution in [-0.2, 0) is 4.79 Å². The van der Waals surface area contributed by atoms with Gasteiger partial charge in [0.15, 0.2) is 5.78 Å². The first kappa shape index (κ1) is 25.7. The molecule has 1 unspecified atom stereocenters. The monoisotopic (exact) mass is 493 g/mol. The van der Waals surface area contributed by atoms with Gasteiger partial charge in [-0.25, -0.2) is 0 Å². The summed E-state index contributed by atoms with van der Waals surface area (Å²) in [5.41, 5.74) is 1.23. The van der Waals surface area contributed by atoms with Gasteiger partial charge >= 0.3 is 0 Å². The Kier molecular flexibility index (Phi) is 8.59. The summed E-state index contributed by atoms with van der Waals surface area (Å²) in [6, 6.07) is 13.7. The number of ketones is 1. The van der Waals surface area contributed by atoms with E-state index in [2.05, 4.69) is 10.2 Å². The Morgan fingerprint density at radius 3 is 2.36 bits per heavy atom. The zero-order chi connectivity index (χ0) is 25.5. The number of carbonyl (C=O) groups is 3. The SMILES string of the molecule is COc1cccc(C(=O)NC(C)C(=O)N2CCN(CCCOc3ccc(C(=O)C4CC4)cc3)CC2)c1. The molecule has 192 valence electrons. The Labute approximate surface area is 212 Å². The first-order chi connectivity index (χ1) is 17.4. The van der Waals surface area contributed by atoms with Crippen LogP contribution >= 0.6 is 0 Å². The fraction of sp³-hybridized carbons (Fsp3) is 0.464. The van der Waals surface area contributed by atoms with Crippen LogP contribution in [0.1, 0.15) is 46.9 Å². The summed E-state index contributed by atoms with van der Waals surface area (Å²) in [5.74, 6) is 1.49. The maximum Gasteiger partial charge on any atom is 0.252 e. The molecule has 36 heavy (non-hydrogen) atoms. The van der Waals surface area contributed by atoms with Crippen LogP contribution in [0.15, 0.2) is 48.5 Å². The number of Topliss-reactive ketones (excluding diaryl/α,β-unsaturated/α-hetero) is 1. The number of benzene rings is 2. The Morgan fingerprint density at radius 2 is 1.69 bits per heavy atom. The molecule has 2 aromatic rings. The molecule has 1 atom stereocenters. The van der Waals surface area contributed by atoms with Crippen LogP contribution in [0, 0.1) is 5.92 Å². The van der Waals surface area contributed by atoms with Gasteiger partial charge in [0.1, 0.15) is 17.5 Å². The molecule has 8 heteroatoms. The summed E-state index contributed by atoms with van der Waals surface area (Å²) in [7, 11) is 1.55. The molecule has 0 radical (unpaired) electrons. The third kappa shape index (κ3) is 6.85. The van der Waals surface area contributed by atoms with Gasteiger partial charge in [-0.05, 0) is 68.7 Å². The van der Waals surface area contributed by atoms with Gasteiger partial charge in [-0.15, -0.1) is 0 Å². The number of carbonyl (C=O) groups excluding carboxylic acids is 3. The van der Waals surface area contributed by atoms with Crippen LogP contribution in [-0.4, -0.2) is 79.9 Å². The molecular formula is C28H35N3O5. The third-order valence-corrected chi connectivity index (χ3v) is 6.71. The van der Waals surface area contributed by atoms with E-state index in [0.29, 0.717) is 31.0 Å². The second-order valence-corrected chi connectivity index (χ2v) is 9.46. The first-order valence-electron chi connectivity index (χ1n) is 12.7. The van der Waals surface area contributed by atoms with E-state index >= 15 is 0 Å². The smallest absolute Gasteiger partial charge is 0.252 e. The average molecular weight is 494 g/mol. The van der Waals surface area contributed by atoms with Crippen LogP contribution in [0.3, 0.4) is 0 Å². The Hall–Kier alpha value is -3.39. The largest absolute Gasteiger partial charge is 0.497 e. The zero-order valence-electron chi connectivity index (χ0n) is 21.1. The highest BCUT2D eigenvalue weighted by Gasteiger charge is 2.30. The lowest BCUT2D eigenvalue weighted by Gasteiger charge is -2.36. The van der Waals surface area contributed by atoms with E-state index in [1.165, 1.54) is 0 Å². The van der Waals surface area contributed by atoms with Gasteiger partial charge in [0.05, 0.1) is 13.7 Å². The zero-order valence-corrected chi connectivity index (χ0v) is 21.1. The molecule has 2 aliphatic rings. The Morgan fingerprint density at radius 1 is 0.972 bits per heavy atom. The average Bonchev–Trinajstić information content (AvgIpc) is 3.77. The van der Waals surface area contributed by atoms with E-state index in [9.17, 15) is 14.4 Å². The number of hydrogen-bond donors (Lipinski definition) is 1. The third-order valence-electron chi connectivity index (χ3n) is 6.71. The molecule has 2 amide bonds. The molecule has 8 nitrogen and oxygen atoms in total. The van der Waals surface area contributed by atoms with Gasteiger partial charge in [-0.2, -0.15) is 0 Å². The van der Waals surface area contributed by atoms with Crippen molar-refractivity contribution in [2.24, 2.45) is 5.92 Å². The number of rotatable bonds is 11. The number of piperazine rings is 1. The molecule has 4 rings (SSSR count). The molecule has 1 aliphatic heterocycles. The lowest BCUT2D eigenvalue weighted by molar-refractivity contribution is -0.134. The van der Waals surface area contributed by atoms with Crippen molar-refractivity contribution in [3.63, 3.8) is 0 Å². The van der Waals surface area contributed by atoms with Crippen LogP contribution in [0.2, 0.25) is 0 Å². The second-order valence-electron chi connectivity index (χ2n) is 9.46. The minimum Gasteiger partial charge on any atom is -0.497 e.